The maximum atomic E-state index is 12.4. The molecular formula is C15H22BrN3O. The van der Waals surface area contributed by atoms with E-state index in [1.807, 2.05) is 13.0 Å². The predicted molar refractivity (Wildman–Crippen MR) is 85.0 cm³/mol. The van der Waals surface area contributed by atoms with Crippen molar-refractivity contribution < 1.29 is 4.79 Å². The molecule has 1 fully saturated rings. The van der Waals surface area contributed by atoms with E-state index in [9.17, 15) is 4.79 Å². The number of carbonyl (C=O) groups is 1. The van der Waals surface area contributed by atoms with Crippen LogP contribution in [0, 0.1) is 5.41 Å². The first-order valence-corrected chi connectivity index (χ1v) is 8.01. The summed E-state index contributed by atoms with van der Waals surface area (Å²) in [5.41, 5.74) is 0.857. The van der Waals surface area contributed by atoms with Gasteiger partial charge in [-0.3, -0.25) is 4.79 Å². The lowest BCUT2D eigenvalue weighted by Crippen LogP contribution is -2.34. The molecule has 0 aliphatic heterocycles. The van der Waals surface area contributed by atoms with Crippen LogP contribution in [0.3, 0.4) is 0 Å². The number of pyridine rings is 1. The molecule has 1 aromatic rings. The van der Waals surface area contributed by atoms with E-state index in [2.05, 4.69) is 38.5 Å². The van der Waals surface area contributed by atoms with Gasteiger partial charge in [-0.15, -0.1) is 0 Å². The van der Waals surface area contributed by atoms with Crippen molar-refractivity contribution in [1.29, 1.82) is 0 Å². The highest BCUT2D eigenvalue weighted by atomic mass is 79.9. The number of hydrogen-bond donors (Lipinski definition) is 2. The molecule has 2 N–H and O–H groups in total. The standard InChI is InChI=1S/C15H22BrN3O/c1-3-17-13-12(8-11(16)9-18-13)14(20)19-10-15(2)6-4-5-7-15/h8-9H,3-7,10H2,1-2H3,(H,17,18)(H,19,20). The van der Waals surface area contributed by atoms with Crippen molar-refractivity contribution in [2.75, 3.05) is 18.4 Å². The highest BCUT2D eigenvalue weighted by molar-refractivity contribution is 9.10. The molecule has 0 radical (unpaired) electrons. The molecule has 1 aromatic heterocycles. The van der Waals surface area contributed by atoms with Crippen LogP contribution in [0.5, 0.6) is 0 Å². The molecule has 2 rings (SSSR count). The summed E-state index contributed by atoms with van der Waals surface area (Å²) in [6.07, 6.45) is 6.64. The van der Waals surface area contributed by atoms with E-state index < -0.39 is 0 Å². The number of nitrogens with zero attached hydrogens (tertiary/aromatic N) is 1. The summed E-state index contributed by atoms with van der Waals surface area (Å²) in [5.74, 6) is 0.590. The van der Waals surface area contributed by atoms with Crippen molar-refractivity contribution in [3.05, 3.63) is 22.3 Å². The Labute approximate surface area is 128 Å². The maximum Gasteiger partial charge on any atom is 0.255 e. The van der Waals surface area contributed by atoms with Crippen molar-refractivity contribution in [3.8, 4) is 0 Å². The van der Waals surface area contributed by atoms with Crippen LogP contribution < -0.4 is 10.6 Å². The fourth-order valence-electron chi connectivity index (χ4n) is 2.71. The summed E-state index contributed by atoms with van der Waals surface area (Å²) < 4.78 is 0.816. The van der Waals surface area contributed by atoms with Gasteiger partial charge in [0.15, 0.2) is 0 Å². The summed E-state index contributed by atoms with van der Waals surface area (Å²) in [5, 5.41) is 6.20. The molecule has 20 heavy (non-hydrogen) atoms. The van der Waals surface area contributed by atoms with Gasteiger partial charge in [-0.25, -0.2) is 4.98 Å². The van der Waals surface area contributed by atoms with Crippen LogP contribution in [0.1, 0.15) is 49.9 Å². The van der Waals surface area contributed by atoms with Gasteiger partial charge in [-0.1, -0.05) is 19.8 Å². The lowest BCUT2D eigenvalue weighted by molar-refractivity contribution is 0.0934. The molecule has 0 spiro atoms. The molecule has 1 aliphatic carbocycles. The zero-order valence-corrected chi connectivity index (χ0v) is 13.7. The second kappa shape index (κ2) is 6.57. The van der Waals surface area contributed by atoms with E-state index in [1.54, 1.807) is 6.20 Å². The van der Waals surface area contributed by atoms with E-state index >= 15 is 0 Å². The Bertz CT molecular complexity index is 484. The number of anilines is 1. The third kappa shape index (κ3) is 3.72. The molecule has 0 bridgehead atoms. The van der Waals surface area contributed by atoms with Crippen LogP contribution in [0.4, 0.5) is 5.82 Å². The van der Waals surface area contributed by atoms with Crippen molar-refractivity contribution in [3.63, 3.8) is 0 Å². The molecule has 0 unspecified atom stereocenters. The van der Waals surface area contributed by atoms with Gasteiger partial charge in [-0.2, -0.15) is 0 Å². The number of halogens is 1. The summed E-state index contributed by atoms with van der Waals surface area (Å²) in [6, 6.07) is 1.82. The van der Waals surface area contributed by atoms with E-state index in [0.29, 0.717) is 11.4 Å². The van der Waals surface area contributed by atoms with Crippen LogP contribution in [-0.2, 0) is 0 Å². The molecule has 4 nitrogen and oxygen atoms in total. The monoisotopic (exact) mass is 339 g/mol. The maximum absolute atomic E-state index is 12.4. The van der Waals surface area contributed by atoms with E-state index in [0.717, 1.165) is 17.6 Å². The number of rotatable bonds is 5. The molecular weight excluding hydrogens is 318 g/mol. The first kappa shape index (κ1) is 15.3. The number of hydrogen-bond acceptors (Lipinski definition) is 3. The lowest BCUT2D eigenvalue weighted by Gasteiger charge is -2.24. The summed E-state index contributed by atoms with van der Waals surface area (Å²) >= 11 is 3.37. The topological polar surface area (TPSA) is 54.0 Å². The smallest absolute Gasteiger partial charge is 0.255 e. The van der Waals surface area contributed by atoms with Crippen molar-refractivity contribution in [1.82, 2.24) is 10.3 Å². The summed E-state index contributed by atoms with van der Waals surface area (Å²) in [6.45, 7) is 5.73. The van der Waals surface area contributed by atoms with Gasteiger partial charge >= 0.3 is 0 Å². The predicted octanol–water partition coefficient (Wildman–Crippen LogP) is 3.59. The molecule has 1 aliphatic rings. The molecule has 1 heterocycles. The number of nitrogens with one attached hydrogen (secondary N) is 2. The second-order valence-corrected chi connectivity index (χ2v) is 6.70. The molecule has 110 valence electrons. The Morgan fingerprint density at radius 2 is 2.15 bits per heavy atom. The first-order valence-electron chi connectivity index (χ1n) is 7.22. The van der Waals surface area contributed by atoms with Crippen molar-refractivity contribution in [2.24, 2.45) is 5.41 Å². The minimum atomic E-state index is -0.0529. The van der Waals surface area contributed by atoms with Crippen LogP contribution in [-0.4, -0.2) is 24.0 Å². The second-order valence-electron chi connectivity index (χ2n) is 5.78. The van der Waals surface area contributed by atoms with Crippen LogP contribution in [0.25, 0.3) is 0 Å². The van der Waals surface area contributed by atoms with Gasteiger partial charge in [0.1, 0.15) is 5.82 Å². The summed E-state index contributed by atoms with van der Waals surface area (Å²) in [4.78, 5) is 16.6. The normalized spacial score (nSPS) is 16.9. The fraction of sp³-hybridized carbons (Fsp3) is 0.600. The fourth-order valence-corrected chi connectivity index (χ4v) is 3.05. The molecule has 1 amide bonds. The van der Waals surface area contributed by atoms with E-state index in [1.165, 1.54) is 25.7 Å². The number of carbonyl (C=O) groups excluding carboxylic acids is 1. The molecule has 0 saturated heterocycles. The van der Waals surface area contributed by atoms with Gasteiger partial charge in [0.05, 0.1) is 5.56 Å². The summed E-state index contributed by atoms with van der Waals surface area (Å²) in [7, 11) is 0. The number of aromatic nitrogens is 1. The van der Waals surface area contributed by atoms with Crippen LogP contribution in [0.15, 0.2) is 16.7 Å². The first-order chi connectivity index (χ1) is 9.54. The van der Waals surface area contributed by atoms with Crippen LogP contribution in [0.2, 0.25) is 0 Å². The van der Waals surface area contributed by atoms with Crippen LogP contribution >= 0.6 is 15.9 Å². The highest BCUT2D eigenvalue weighted by Gasteiger charge is 2.29. The Balaban J connectivity index is 2.06. The minimum Gasteiger partial charge on any atom is -0.370 e. The zero-order valence-electron chi connectivity index (χ0n) is 12.1. The van der Waals surface area contributed by atoms with Gasteiger partial charge in [0, 0.05) is 23.8 Å². The van der Waals surface area contributed by atoms with E-state index in [-0.39, 0.29) is 11.3 Å². The average molecular weight is 340 g/mol. The van der Waals surface area contributed by atoms with Crippen molar-refractivity contribution in [2.45, 2.75) is 39.5 Å². The zero-order chi connectivity index (χ0) is 14.6. The lowest BCUT2D eigenvalue weighted by atomic mass is 9.89. The third-order valence-electron chi connectivity index (χ3n) is 3.93. The minimum absolute atomic E-state index is 0.0529. The Morgan fingerprint density at radius 1 is 1.45 bits per heavy atom. The molecule has 0 atom stereocenters. The third-order valence-corrected chi connectivity index (χ3v) is 4.36. The molecule has 0 aromatic carbocycles. The van der Waals surface area contributed by atoms with Crippen molar-refractivity contribution >= 4 is 27.7 Å². The molecule has 5 heteroatoms. The largest absolute Gasteiger partial charge is 0.370 e. The van der Waals surface area contributed by atoms with Gasteiger partial charge < -0.3 is 10.6 Å². The quantitative estimate of drug-likeness (QED) is 0.861. The van der Waals surface area contributed by atoms with Gasteiger partial charge in [0.25, 0.3) is 5.91 Å². The SMILES string of the molecule is CCNc1ncc(Br)cc1C(=O)NCC1(C)CCCC1. The average Bonchev–Trinajstić information content (AvgIpc) is 2.86. The Hall–Kier alpha value is -1.10. The highest BCUT2D eigenvalue weighted by Crippen LogP contribution is 2.36. The number of amides is 1. The van der Waals surface area contributed by atoms with Gasteiger partial charge in [-0.05, 0) is 47.2 Å². The Kier molecular flexibility index (Phi) is 5.02. The van der Waals surface area contributed by atoms with E-state index in [4.69, 9.17) is 0 Å². The molecule has 1 saturated carbocycles. The Morgan fingerprint density at radius 3 is 2.80 bits per heavy atom. The van der Waals surface area contributed by atoms with Gasteiger partial charge in [0.2, 0.25) is 0 Å².